The van der Waals surface area contributed by atoms with E-state index in [-0.39, 0.29) is 42.3 Å². The maximum absolute atomic E-state index is 12.7. The number of carbonyl (C=O) groups is 5. The molecule has 6 heterocycles. The summed E-state index contributed by atoms with van der Waals surface area (Å²) >= 11 is 2.82. The van der Waals surface area contributed by atoms with Crippen molar-refractivity contribution in [2.24, 2.45) is 0 Å². The lowest BCUT2D eigenvalue weighted by atomic mass is 9.98. The number of rotatable bonds is 20. The molecule has 472 valence electrons. The lowest BCUT2D eigenvalue weighted by molar-refractivity contribution is -0.139. The van der Waals surface area contributed by atoms with Gasteiger partial charge in [-0.2, -0.15) is 10.2 Å². The Kier molecular flexibility index (Phi) is 21.7. The van der Waals surface area contributed by atoms with Gasteiger partial charge in [0.1, 0.15) is 27.0 Å². The Balaban J connectivity index is 0.000000254. The highest BCUT2D eigenvalue weighted by atomic mass is 32.1. The molecule has 0 aliphatic carbocycles. The number of amides is 4. The van der Waals surface area contributed by atoms with E-state index in [0.717, 1.165) is 49.1 Å². The number of ether oxygens (including phenoxy) is 2. The third-order valence-corrected chi connectivity index (χ3v) is 15.5. The van der Waals surface area contributed by atoms with E-state index in [2.05, 4.69) is 114 Å². The minimum atomic E-state index is -1.25. The number of alkyl carbamates (subject to hydrolysis) is 2. The Bertz CT molecular complexity index is 3770. The van der Waals surface area contributed by atoms with Gasteiger partial charge in [-0.25, -0.2) is 44.3 Å². The predicted molar refractivity (Wildman–Crippen MR) is 340 cm³/mol. The first-order valence-electron chi connectivity index (χ1n) is 28.5. The van der Waals surface area contributed by atoms with Crippen LogP contribution in [0.25, 0.3) is 22.5 Å². The minimum Gasteiger partial charge on any atom is -0.480 e. The molecular weight excluding hydrogens is 1180 g/mol. The van der Waals surface area contributed by atoms with Gasteiger partial charge in [0.25, 0.3) is 11.8 Å². The highest BCUT2D eigenvalue weighted by molar-refractivity contribution is 7.14. The summed E-state index contributed by atoms with van der Waals surface area (Å²) in [5.74, 6) is -0.801. The van der Waals surface area contributed by atoms with E-state index in [0.29, 0.717) is 51.8 Å². The summed E-state index contributed by atoms with van der Waals surface area (Å²) in [6.07, 6.45) is 11.6. The second-order valence-corrected chi connectivity index (χ2v) is 27.0. The fourth-order valence-corrected chi connectivity index (χ4v) is 10.0. The molecule has 0 aliphatic rings. The van der Waals surface area contributed by atoms with Gasteiger partial charge in [0, 0.05) is 59.8 Å². The van der Waals surface area contributed by atoms with Crippen LogP contribution in [0.3, 0.4) is 0 Å². The Morgan fingerprint density at radius 1 is 0.573 bits per heavy atom. The van der Waals surface area contributed by atoms with Crippen molar-refractivity contribution in [2.45, 2.75) is 157 Å². The monoisotopic (exact) mass is 1250 g/mol. The summed E-state index contributed by atoms with van der Waals surface area (Å²) < 4.78 is 13.4. The summed E-state index contributed by atoms with van der Waals surface area (Å²) in [6, 6.07) is 13.7. The van der Waals surface area contributed by atoms with Crippen molar-refractivity contribution in [3.05, 3.63) is 140 Å². The van der Waals surface area contributed by atoms with Crippen molar-refractivity contribution in [1.82, 2.24) is 70.7 Å². The second-order valence-electron chi connectivity index (χ2n) is 25.0. The molecule has 8 aromatic rings. The predicted octanol–water partition coefficient (Wildman–Crippen LogP) is 10.0. The van der Waals surface area contributed by atoms with Crippen LogP contribution < -0.4 is 31.9 Å². The molecule has 4 amide bonds. The molecule has 25 nitrogen and oxygen atoms in total. The van der Waals surface area contributed by atoms with Crippen LogP contribution >= 0.6 is 22.7 Å². The molecule has 27 heteroatoms. The second kappa shape index (κ2) is 28.7. The number of aryl methyl sites for hydroxylation is 2. The van der Waals surface area contributed by atoms with Crippen LogP contribution in [0.15, 0.2) is 98.1 Å². The molecule has 8 N–H and O–H groups in total. The SMILES string of the molecule is Cc1cc(-c2ccnc(Nc3cnn(C[C@@H](CO)NC(=O)OC(C)(C)C)c3)n2)ccc1CNC(=O)c1cnc(C(C)(C)C)s1.Cc1cc(-c2ccnc(Nc3cnn(C[C@H](NC(=O)OC(C)(C)C)C(=O)O)c3)n2)ccc1CNC(=O)c1cnc(C(C)(C)C)s1. The number of aliphatic hydroxyl groups excluding tert-OH is 1. The molecule has 2 aromatic carbocycles. The summed E-state index contributed by atoms with van der Waals surface area (Å²) in [6.45, 7) is 27.4. The van der Waals surface area contributed by atoms with E-state index in [1.807, 2.05) is 56.3 Å². The van der Waals surface area contributed by atoms with E-state index in [9.17, 15) is 34.2 Å². The smallest absolute Gasteiger partial charge is 0.408 e. The molecule has 0 fully saturated rings. The van der Waals surface area contributed by atoms with Crippen LogP contribution in [0.5, 0.6) is 0 Å². The number of hydrogen-bond acceptors (Lipinski definition) is 20. The van der Waals surface area contributed by atoms with Crippen LogP contribution in [0.1, 0.15) is 135 Å². The molecule has 0 radical (unpaired) electrons. The largest absolute Gasteiger partial charge is 0.480 e. The minimum absolute atomic E-state index is 0.0971. The van der Waals surface area contributed by atoms with Crippen LogP contribution in [0, 0.1) is 13.8 Å². The van der Waals surface area contributed by atoms with Gasteiger partial charge in [-0.1, -0.05) is 65.8 Å². The number of nitrogens with zero attached hydrogens (tertiary/aromatic N) is 10. The maximum Gasteiger partial charge on any atom is 0.408 e. The number of aromatic nitrogens is 10. The van der Waals surface area contributed by atoms with Gasteiger partial charge < -0.3 is 51.6 Å². The summed E-state index contributed by atoms with van der Waals surface area (Å²) in [5, 5.41) is 46.8. The Morgan fingerprint density at radius 2 is 1.00 bits per heavy atom. The van der Waals surface area contributed by atoms with E-state index in [1.165, 1.54) is 33.6 Å². The fraction of sp³-hybridized carbons (Fsp3) is 0.403. The van der Waals surface area contributed by atoms with Crippen LogP contribution in [-0.2, 0) is 51.3 Å². The first-order chi connectivity index (χ1) is 41.8. The Morgan fingerprint density at radius 3 is 1.38 bits per heavy atom. The standard InChI is InChI=1S/C31H38N8O5S.C31H40N8O4S/c1-18-12-19(8-9-20(18)13-33-25(40)24-15-34-27(45-24)30(2,3)4)22-10-11-32-28(37-22)36-21-14-35-39(16-21)17-23(26(41)42)38-29(43)44-31(5,6)7;1-19-12-20(8-9-21(19)13-33-26(41)25-15-34-27(44-25)30(2,3)4)24-10-11-32-28(38-24)36-22-14-35-39(16-22)17-23(18-40)37-29(42)43-31(5,6)7/h8-12,14-16,23H,13,17H2,1-7H3,(H,33,40)(H,38,43)(H,41,42)(H,32,36,37);8-12,14-16,23,40H,13,17-18H2,1-7H3,(H,33,41)(H,37,42)(H,32,36,38)/t2*23-/m00/s1. The van der Waals surface area contributed by atoms with Crippen molar-refractivity contribution in [1.29, 1.82) is 0 Å². The number of carboxylic acids is 1. The summed E-state index contributed by atoms with van der Waals surface area (Å²) in [5.41, 5.74) is 6.78. The number of carbonyl (C=O) groups excluding carboxylic acids is 4. The molecular formula is C62H78N16O9S2. The van der Waals surface area contributed by atoms with Crippen molar-refractivity contribution >= 4 is 75.9 Å². The molecule has 0 spiro atoms. The average Bonchev–Trinajstić information content (AvgIpc) is 3.51. The van der Waals surface area contributed by atoms with E-state index >= 15 is 0 Å². The third-order valence-electron chi connectivity index (χ3n) is 12.7. The van der Waals surface area contributed by atoms with Crippen LogP contribution in [0.2, 0.25) is 0 Å². The molecule has 0 bridgehead atoms. The molecule has 2 atom stereocenters. The maximum atomic E-state index is 12.7. The van der Waals surface area contributed by atoms with Gasteiger partial charge in [0.2, 0.25) is 11.9 Å². The quantitative estimate of drug-likeness (QED) is 0.0352. The van der Waals surface area contributed by atoms with Crippen molar-refractivity contribution < 1.29 is 43.7 Å². The van der Waals surface area contributed by atoms with Gasteiger partial charge in [-0.15, -0.1) is 22.7 Å². The van der Waals surface area contributed by atoms with Gasteiger partial charge >= 0.3 is 18.2 Å². The van der Waals surface area contributed by atoms with Crippen molar-refractivity contribution in [3.8, 4) is 22.5 Å². The highest BCUT2D eigenvalue weighted by Gasteiger charge is 2.26. The first-order valence-corrected chi connectivity index (χ1v) is 30.2. The number of anilines is 4. The zero-order chi connectivity index (χ0) is 65.0. The fourth-order valence-electron chi connectivity index (χ4n) is 8.23. The van der Waals surface area contributed by atoms with Gasteiger partial charge in [0.15, 0.2) is 0 Å². The molecule has 6 aromatic heterocycles. The van der Waals surface area contributed by atoms with Gasteiger partial charge in [-0.3, -0.25) is 19.0 Å². The number of hydrogen-bond donors (Lipinski definition) is 8. The number of benzene rings is 2. The molecule has 89 heavy (non-hydrogen) atoms. The lowest BCUT2D eigenvalue weighted by Gasteiger charge is -2.22. The number of aliphatic hydroxyl groups is 1. The lowest BCUT2D eigenvalue weighted by Crippen LogP contribution is -2.45. The normalized spacial score (nSPS) is 12.4. The Labute approximate surface area is 525 Å². The number of aliphatic carboxylic acids is 1. The number of thiazole rings is 2. The van der Waals surface area contributed by atoms with Crippen molar-refractivity contribution in [2.75, 3.05) is 17.2 Å². The van der Waals surface area contributed by atoms with E-state index < -0.39 is 41.4 Å². The zero-order valence-electron chi connectivity index (χ0n) is 52.5. The topological polar surface area (TPSA) is 329 Å². The van der Waals surface area contributed by atoms with E-state index in [1.54, 1.807) is 95.7 Å². The molecule has 0 saturated carbocycles. The molecule has 0 unspecified atom stereocenters. The number of carboxylic acid groups (broad SMARTS) is 1. The van der Waals surface area contributed by atoms with E-state index in [4.69, 9.17) is 9.47 Å². The molecule has 0 saturated heterocycles. The average molecular weight is 1260 g/mol. The summed E-state index contributed by atoms with van der Waals surface area (Å²) in [4.78, 5) is 89.1. The van der Waals surface area contributed by atoms with Crippen molar-refractivity contribution in [3.63, 3.8) is 0 Å². The summed E-state index contributed by atoms with van der Waals surface area (Å²) in [7, 11) is 0. The van der Waals surface area contributed by atoms with Crippen LogP contribution in [0.4, 0.5) is 32.9 Å². The Hall–Kier alpha value is -9.21. The highest BCUT2D eigenvalue weighted by Crippen LogP contribution is 2.30. The third kappa shape index (κ3) is 20.4. The molecule has 0 aliphatic heterocycles. The first kappa shape index (κ1) is 67.3. The van der Waals surface area contributed by atoms with Crippen LogP contribution in [-0.4, -0.2) is 120 Å². The van der Waals surface area contributed by atoms with Gasteiger partial charge in [0.05, 0.1) is 83.3 Å². The molecule has 8 rings (SSSR count). The van der Waals surface area contributed by atoms with Gasteiger partial charge in [-0.05, 0) is 102 Å². The number of nitrogens with one attached hydrogen (secondary N) is 6. The zero-order valence-corrected chi connectivity index (χ0v) is 54.1.